The Hall–Kier alpha value is -4.75. The van der Waals surface area contributed by atoms with Crippen molar-refractivity contribution in [3.63, 3.8) is 0 Å². The van der Waals surface area contributed by atoms with Crippen molar-refractivity contribution < 1.29 is 13.9 Å². The number of nitrogens with zero attached hydrogens (tertiary/aromatic N) is 6. The Morgan fingerprint density at radius 1 is 1.30 bits per heavy atom. The monoisotopic (exact) mass is 612 g/mol. The van der Waals surface area contributed by atoms with E-state index < -0.39 is 17.5 Å². The predicted molar refractivity (Wildman–Crippen MR) is 168 cm³/mol. The van der Waals surface area contributed by atoms with Crippen LogP contribution in [0.2, 0.25) is 5.02 Å². The van der Waals surface area contributed by atoms with Crippen molar-refractivity contribution >= 4 is 34.2 Å². The van der Waals surface area contributed by atoms with Gasteiger partial charge in [-0.1, -0.05) is 44.2 Å². The molecular weight excluding hydrogens is 583 g/mol. The number of carbonyl (C=O) groups is 1. The number of anilines is 1. The van der Waals surface area contributed by atoms with Crippen LogP contribution >= 0.6 is 11.6 Å². The lowest BCUT2D eigenvalue weighted by atomic mass is 9.94. The minimum absolute atomic E-state index is 0.0291. The quantitative estimate of drug-likeness (QED) is 0.213. The number of halogens is 2. The largest absolute Gasteiger partial charge is 0.486 e. The molecule has 0 aliphatic carbocycles. The van der Waals surface area contributed by atoms with Gasteiger partial charge in [-0.25, -0.2) is 15.8 Å². The van der Waals surface area contributed by atoms with Gasteiger partial charge >= 0.3 is 5.69 Å². The molecule has 0 saturated carbocycles. The summed E-state index contributed by atoms with van der Waals surface area (Å²) in [6.07, 6.45) is 2.95. The molecule has 11 heteroatoms. The average molecular weight is 613 g/mol. The zero-order valence-corrected chi connectivity index (χ0v) is 25.4. The van der Waals surface area contributed by atoms with Crippen LogP contribution in [-0.2, 0) is 11.4 Å². The lowest BCUT2D eigenvalue weighted by Crippen LogP contribution is -2.56. The highest BCUT2D eigenvalue weighted by molar-refractivity contribution is 6.35. The number of pyridine rings is 1. The molecule has 0 spiro atoms. The lowest BCUT2D eigenvalue weighted by molar-refractivity contribution is -0.128. The normalized spacial score (nSPS) is 15.9. The second-order valence-electron chi connectivity index (χ2n) is 11.3. The maximum Gasteiger partial charge on any atom is 0.354 e. The molecule has 1 saturated heterocycles. The summed E-state index contributed by atoms with van der Waals surface area (Å²) < 4.78 is 23.3. The van der Waals surface area contributed by atoms with E-state index >= 15 is 4.39 Å². The van der Waals surface area contributed by atoms with Gasteiger partial charge in [-0.15, -0.1) is 0 Å². The van der Waals surface area contributed by atoms with Gasteiger partial charge in [0.2, 0.25) is 12.5 Å². The van der Waals surface area contributed by atoms with Crippen LogP contribution in [0.1, 0.15) is 36.6 Å². The first kappa shape index (κ1) is 29.3. The third kappa shape index (κ3) is 4.68. The second kappa shape index (κ2) is 11.4. The molecule has 2 aromatic carbocycles. The van der Waals surface area contributed by atoms with Crippen LogP contribution in [0, 0.1) is 19.3 Å². The summed E-state index contributed by atoms with van der Waals surface area (Å²) >= 11 is 6.95. The molecule has 9 nitrogen and oxygen atoms in total. The molecule has 2 aromatic heterocycles. The summed E-state index contributed by atoms with van der Waals surface area (Å²) in [6.45, 7) is 18.1. The molecule has 1 fully saturated rings. The molecule has 0 radical (unpaired) electrons. The molecule has 2 aliphatic heterocycles. The Labute approximate surface area is 259 Å². The van der Waals surface area contributed by atoms with Gasteiger partial charge in [-0.05, 0) is 42.7 Å². The number of piperazine rings is 1. The number of aryl methyl sites for hydroxylation is 1. The number of carbonyl (C=O) groups excluding carboxylic acids is 1. The number of hydrogen-bond donors (Lipinski definition) is 0. The fourth-order valence-corrected chi connectivity index (χ4v) is 6.54. The average Bonchev–Trinajstić information content (AvgIpc) is 3.01. The second-order valence-corrected chi connectivity index (χ2v) is 11.7. The highest BCUT2D eigenvalue weighted by Crippen LogP contribution is 2.49. The van der Waals surface area contributed by atoms with Crippen molar-refractivity contribution in [3.8, 4) is 22.6 Å². The smallest absolute Gasteiger partial charge is 0.354 e. The van der Waals surface area contributed by atoms with Crippen LogP contribution < -0.4 is 15.3 Å². The van der Waals surface area contributed by atoms with Crippen LogP contribution in [0.15, 0.2) is 54.0 Å². The number of benzene rings is 2. The Morgan fingerprint density at radius 3 is 2.82 bits per heavy atom. The predicted octanol–water partition coefficient (Wildman–Crippen LogP) is 5.69. The number of hydrogen-bond acceptors (Lipinski definition) is 6. The van der Waals surface area contributed by atoms with Crippen LogP contribution in [0.4, 0.5) is 10.2 Å². The van der Waals surface area contributed by atoms with Gasteiger partial charge < -0.3 is 19.4 Å². The van der Waals surface area contributed by atoms with E-state index in [1.54, 1.807) is 29.3 Å². The molecule has 0 unspecified atom stereocenters. The maximum absolute atomic E-state index is 15.4. The third-order valence-electron chi connectivity index (χ3n) is 8.25. The fourth-order valence-electron chi connectivity index (χ4n) is 6.25. The van der Waals surface area contributed by atoms with Gasteiger partial charge in [0.15, 0.2) is 5.75 Å². The van der Waals surface area contributed by atoms with Crippen molar-refractivity contribution in [2.24, 2.45) is 0 Å². The fraction of sp³-hybridized carbons (Fsp3) is 0.303. The zero-order chi connectivity index (χ0) is 31.3. The molecule has 2 aliphatic rings. The Kier molecular flexibility index (Phi) is 7.59. The Bertz CT molecular complexity index is 1950. The van der Waals surface area contributed by atoms with E-state index in [4.69, 9.17) is 22.9 Å². The lowest BCUT2D eigenvalue weighted by Gasteiger charge is -2.39. The van der Waals surface area contributed by atoms with E-state index in [2.05, 4.69) is 21.4 Å². The van der Waals surface area contributed by atoms with E-state index in [-0.39, 0.29) is 42.3 Å². The summed E-state index contributed by atoms with van der Waals surface area (Å²) in [7, 11) is 0. The minimum atomic E-state index is -0.565. The SMILES string of the molecule is [C-]#[N+]C[C@@H]1CN(c2nc(=O)n(-c3c(C)ccnc3C(C)C)c3c4c(c(Cl)cc23)-c2c(F)cccc2CO4)CCN1C(=O)C=C. The van der Waals surface area contributed by atoms with Crippen LogP contribution in [0.25, 0.3) is 32.6 Å². The third-order valence-corrected chi connectivity index (χ3v) is 8.55. The number of ether oxygens (including phenoxy) is 1. The van der Waals surface area contributed by atoms with E-state index in [1.807, 2.05) is 31.7 Å². The molecule has 4 heterocycles. The van der Waals surface area contributed by atoms with E-state index in [9.17, 15) is 9.59 Å². The van der Waals surface area contributed by atoms with Gasteiger partial charge in [-0.3, -0.25) is 14.3 Å². The van der Waals surface area contributed by atoms with Gasteiger partial charge in [0.1, 0.15) is 29.8 Å². The number of fused-ring (bicyclic) bond motifs is 5. The van der Waals surface area contributed by atoms with Crippen LogP contribution in [0.3, 0.4) is 0 Å². The Balaban J connectivity index is 1.68. The highest BCUT2D eigenvalue weighted by Gasteiger charge is 2.35. The molecule has 224 valence electrons. The van der Waals surface area contributed by atoms with E-state index in [1.165, 1.54) is 16.7 Å². The van der Waals surface area contributed by atoms with Crippen molar-refractivity contribution in [1.29, 1.82) is 0 Å². The van der Waals surface area contributed by atoms with E-state index in [0.717, 1.165) is 5.56 Å². The number of aromatic nitrogens is 3. The first-order chi connectivity index (χ1) is 21.2. The Morgan fingerprint density at radius 2 is 2.09 bits per heavy atom. The first-order valence-corrected chi connectivity index (χ1v) is 14.7. The van der Waals surface area contributed by atoms with Gasteiger partial charge in [0.25, 0.3) is 0 Å². The summed E-state index contributed by atoms with van der Waals surface area (Å²) in [5, 5.41) is 0.771. The first-order valence-electron chi connectivity index (χ1n) is 14.3. The van der Waals surface area contributed by atoms with E-state index in [0.29, 0.717) is 57.9 Å². The number of amides is 1. The molecule has 1 amide bonds. The highest BCUT2D eigenvalue weighted by atomic mass is 35.5. The zero-order valence-electron chi connectivity index (χ0n) is 24.6. The summed E-state index contributed by atoms with van der Waals surface area (Å²) in [5.41, 5.74) is 3.26. The molecule has 4 aromatic rings. The van der Waals surface area contributed by atoms with Gasteiger partial charge in [0.05, 0.1) is 16.4 Å². The van der Waals surface area contributed by atoms with Crippen molar-refractivity contribution in [3.05, 3.63) is 98.7 Å². The van der Waals surface area contributed by atoms with Crippen molar-refractivity contribution in [1.82, 2.24) is 19.4 Å². The van der Waals surface area contributed by atoms with Crippen LogP contribution in [0.5, 0.6) is 5.75 Å². The van der Waals surface area contributed by atoms with Crippen molar-refractivity contribution in [2.45, 2.75) is 39.3 Å². The van der Waals surface area contributed by atoms with Crippen molar-refractivity contribution in [2.75, 3.05) is 31.1 Å². The maximum atomic E-state index is 15.4. The molecule has 44 heavy (non-hydrogen) atoms. The molecular formula is C33H30ClFN6O3. The standard InChI is InChI=1S/C33H30ClFN6O3/c1-6-25(42)40-13-12-39(16-21(40)15-36-5)32-22-14-23(34)27-26-20(8-7-9-24(26)35)17-44-31(27)30(22)41(33(43)38-32)29-19(4)10-11-37-28(29)18(2)3/h6-11,14,18,21H,1,12-13,15-17H2,2-4H3/t21-/m1/s1. The molecule has 1 atom stereocenters. The van der Waals surface area contributed by atoms with Crippen LogP contribution in [-0.4, -0.2) is 57.6 Å². The summed E-state index contributed by atoms with van der Waals surface area (Å²) in [6, 6.07) is 7.88. The van der Waals surface area contributed by atoms with Gasteiger partial charge in [-0.2, -0.15) is 4.98 Å². The number of rotatable bonds is 5. The summed E-state index contributed by atoms with van der Waals surface area (Å²) in [4.78, 5) is 43.1. The minimum Gasteiger partial charge on any atom is -0.486 e. The van der Waals surface area contributed by atoms with Gasteiger partial charge in [0, 0.05) is 47.9 Å². The molecule has 6 rings (SSSR count). The molecule has 0 N–H and O–H groups in total. The summed E-state index contributed by atoms with van der Waals surface area (Å²) in [5.74, 6) is -0.101. The molecule has 0 bridgehead atoms. The topological polar surface area (TPSA) is 84.9 Å².